The normalized spacial score (nSPS) is 10.6. The Balaban J connectivity index is 1.57. The number of halogens is 1. The Labute approximate surface area is 158 Å². The second-order valence-electron chi connectivity index (χ2n) is 5.74. The number of anilines is 1. The lowest BCUT2D eigenvalue weighted by molar-refractivity contribution is -0.384. The minimum absolute atomic E-state index is 0.00245. The fourth-order valence-corrected chi connectivity index (χ4v) is 2.80. The van der Waals surface area contributed by atoms with Crippen LogP contribution in [0.25, 0.3) is 10.9 Å². The summed E-state index contributed by atoms with van der Waals surface area (Å²) in [5, 5.41) is 16.8. The highest BCUT2D eigenvalue weighted by atomic mass is 35.5. The van der Waals surface area contributed by atoms with Gasteiger partial charge in [-0.15, -0.1) is 0 Å². The van der Waals surface area contributed by atoms with Gasteiger partial charge in [-0.05, 0) is 24.1 Å². The Kier molecular flexibility index (Phi) is 5.37. The van der Waals surface area contributed by atoms with Gasteiger partial charge in [0.1, 0.15) is 0 Å². The molecule has 0 saturated carbocycles. The number of H-pyrrole nitrogens is 1. The van der Waals surface area contributed by atoms with Crippen LogP contribution >= 0.6 is 11.6 Å². The van der Waals surface area contributed by atoms with Gasteiger partial charge < -0.3 is 15.6 Å². The van der Waals surface area contributed by atoms with E-state index >= 15 is 0 Å². The maximum absolute atomic E-state index is 12.0. The molecule has 0 fully saturated rings. The van der Waals surface area contributed by atoms with Crippen molar-refractivity contribution in [1.82, 2.24) is 10.3 Å². The summed E-state index contributed by atoms with van der Waals surface area (Å²) >= 11 is 5.90. The lowest BCUT2D eigenvalue weighted by Gasteiger charge is -2.08. The molecule has 0 aliphatic rings. The van der Waals surface area contributed by atoms with Crippen molar-refractivity contribution in [3.63, 3.8) is 0 Å². The van der Waals surface area contributed by atoms with Crippen molar-refractivity contribution in [2.45, 2.75) is 6.42 Å². The summed E-state index contributed by atoms with van der Waals surface area (Å²) in [6.07, 6.45) is 2.40. The first-order chi connectivity index (χ1) is 13.0. The van der Waals surface area contributed by atoms with E-state index in [1.54, 1.807) is 0 Å². The number of carbonyl (C=O) groups is 2. The maximum atomic E-state index is 12.0. The third-order valence-corrected chi connectivity index (χ3v) is 4.30. The molecule has 9 heteroatoms. The van der Waals surface area contributed by atoms with Crippen LogP contribution in [0.2, 0.25) is 5.02 Å². The minimum atomic E-state index is -0.948. The number of amides is 2. The first-order valence-electron chi connectivity index (χ1n) is 8.04. The molecule has 8 nitrogen and oxygen atoms in total. The number of non-ortho nitro benzene ring substituents is 1. The average Bonchev–Trinajstić information content (AvgIpc) is 3.06. The number of aromatic amines is 1. The lowest BCUT2D eigenvalue weighted by atomic mass is 10.1. The largest absolute Gasteiger partial charge is 0.361 e. The van der Waals surface area contributed by atoms with Gasteiger partial charge in [-0.25, -0.2) is 0 Å². The molecule has 0 bridgehead atoms. The monoisotopic (exact) mass is 386 g/mol. The number of benzene rings is 2. The zero-order valence-corrected chi connectivity index (χ0v) is 14.7. The minimum Gasteiger partial charge on any atom is -0.361 e. The van der Waals surface area contributed by atoms with Gasteiger partial charge in [-0.1, -0.05) is 29.8 Å². The molecule has 0 aliphatic heterocycles. The van der Waals surface area contributed by atoms with Crippen molar-refractivity contribution in [3.8, 4) is 0 Å². The summed E-state index contributed by atoms with van der Waals surface area (Å²) in [5.41, 5.74) is 1.78. The van der Waals surface area contributed by atoms with Crippen LogP contribution in [0.1, 0.15) is 5.56 Å². The molecule has 0 radical (unpaired) electrons. The summed E-state index contributed by atoms with van der Waals surface area (Å²) in [7, 11) is 0. The zero-order valence-electron chi connectivity index (χ0n) is 14.0. The van der Waals surface area contributed by atoms with E-state index in [-0.39, 0.29) is 22.9 Å². The van der Waals surface area contributed by atoms with Crippen LogP contribution in [0.4, 0.5) is 11.4 Å². The van der Waals surface area contributed by atoms with Crippen molar-refractivity contribution in [1.29, 1.82) is 0 Å². The highest BCUT2D eigenvalue weighted by Gasteiger charge is 2.17. The molecule has 3 aromatic rings. The molecule has 0 saturated heterocycles. The molecule has 2 aromatic carbocycles. The Bertz CT molecular complexity index is 1030. The zero-order chi connectivity index (χ0) is 19.4. The Morgan fingerprint density at radius 3 is 2.70 bits per heavy atom. The van der Waals surface area contributed by atoms with Crippen molar-refractivity contribution >= 4 is 45.7 Å². The summed E-state index contributed by atoms with van der Waals surface area (Å²) in [6.45, 7) is 0.261. The molecule has 2 amide bonds. The first-order valence-corrected chi connectivity index (χ1v) is 8.41. The lowest BCUT2D eigenvalue weighted by Crippen LogP contribution is -2.36. The van der Waals surface area contributed by atoms with Crippen molar-refractivity contribution in [2.75, 3.05) is 11.9 Å². The van der Waals surface area contributed by atoms with Crippen molar-refractivity contribution in [2.24, 2.45) is 0 Å². The van der Waals surface area contributed by atoms with Gasteiger partial charge in [0.15, 0.2) is 0 Å². The molecule has 27 heavy (non-hydrogen) atoms. The molecule has 1 heterocycles. The number of carbonyl (C=O) groups excluding carboxylic acids is 2. The number of nitro benzene ring substituents is 1. The number of para-hydroxylation sites is 1. The number of hydrogen-bond acceptors (Lipinski definition) is 4. The van der Waals surface area contributed by atoms with Crippen LogP contribution in [-0.4, -0.2) is 28.3 Å². The van der Waals surface area contributed by atoms with E-state index in [4.69, 9.17) is 11.6 Å². The number of aromatic nitrogens is 1. The highest BCUT2D eigenvalue weighted by molar-refractivity contribution is 6.41. The molecule has 0 unspecified atom stereocenters. The van der Waals surface area contributed by atoms with Crippen LogP contribution in [0.15, 0.2) is 48.7 Å². The number of rotatable bonds is 5. The smallest absolute Gasteiger partial charge is 0.313 e. The molecule has 0 spiro atoms. The van der Waals surface area contributed by atoms with Crippen LogP contribution in [-0.2, 0) is 16.0 Å². The number of hydrogen-bond donors (Lipinski definition) is 3. The van der Waals surface area contributed by atoms with Gasteiger partial charge in [0.25, 0.3) is 5.69 Å². The number of nitro groups is 1. The number of nitrogens with one attached hydrogen (secondary N) is 3. The maximum Gasteiger partial charge on any atom is 0.313 e. The Morgan fingerprint density at radius 1 is 1.15 bits per heavy atom. The second kappa shape index (κ2) is 7.88. The summed E-state index contributed by atoms with van der Waals surface area (Å²) in [6, 6.07) is 11.4. The van der Waals surface area contributed by atoms with E-state index < -0.39 is 16.7 Å². The topological polar surface area (TPSA) is 117 Å². The molecular formula is C18H15ClN4O4. The SMILES string of the molecule is O=C(NCCc1c[nH]c2ccccc12)C(=O)Nc1cc([N+](=O)[O-])ccc1Cl. The molecule has 3 N–H and O–H groups in total. The van der Waals surface area contributed by atoms with Gasteiger partial charge in [0, 0.05) is 35.8 Å². The Morgan fingerprint density at radius 2 is 1.93 bits per heavy atom. The third kappa shape index (κ3) is 4.24. The van der Waals surface area contributed by atoms with Gasteiger partial charge in [-0.3, -0.25) is 19.7 Å². The highest BCUT2D eigenvalue weighted by Crippen LogP contribution is 2.26. The molecule has 3 rings (SSSR count). The van der Waals surface area contributed by atoms with Crippen LogP contribution in [0.3, 0.4) is 0 Å². The predicted octanol–water partition coefficient (Wildman–Crippen LogP) is 3.03. The van der Waals surface area contributed by atoms with E-state index in [2.05, 4.69) is 15.6 Å². The fourth-order valence-electron chi connectivity index (χ4n) is 2.63. The third-order valence-electron chi connectivity index (χ3n) is 3.97. The predicted molar refractivity (Wildman–Crippen MR) is 102 cm³/mol. The van der Waals surface area contributed by atoms with Gasteiger partial charge in [-0.2, -0.15) is 0 Å². The van der Waals surface area contributed by atoms with Crippen LogP contribution in [0.5, 0.6) is 0 Å². The van der Waals surface area contributed by atoms with E-state index in [0.29, 0.717) is 6.42 Å². The number of fused-ring (bicyclic) bond motifs is 1. The van der Waals surface area contributed by atoms with Gasteiger partial charge in [0.2, 0.25) is 0 Å². The summed E-state index contributed by atoms with van der Waals surface area (Å²) in [5.74, 6) is -1.80. The molecule has 0 aliphatic carbocycles. The first kappa shape index (κ1) is 18.4. The molecule has 138 valence electrons. The summed E-state index contributed by atoms with van der Waals surface area (Å²) in [4.78, 5) is 37.3. The van der Waals surface area contributed by atoms with Crippen LogP contribution in [0, 0.1) is 10.1 Å². The summed E-state index contributed by atoms with van der Waals surface area (Å²) < 4.78 is 0. The average molecular weight is 387 g/mol. The van der Waals surface area contributed by atoms with E-state index in [1.807, 2.05) is 30.5 Å². The molecular weight excluding hydrogens is 372 g/mol. The van der Waals surface area contributed by atoms with Gasteiger partial charge in [0.05, 0.1) is 15.6 Å². The van der Waals surface area contributed by atoms with Crippen molar-refractivity contribution < 1.29 is 14.5 Å². The van der Waals surface area contributed by atoms with E-state index in [9.17, 15) is 19.7 Å². The standard InChI is InChI=1S/C18H15ClN4O4/c19-14-6-5-12(23(26)27)9-16(14)22-18(25)17(24)20-8-7-11-10-21-15-4-2-1-3-13(11)15/h1-6,9-10,21H,7-8H2,(H,20,24)(H,22,25). The second-order valence-corrected chi connectivity index (χ2v) is 6.15. The molecule has 0 atom stereocenters. The van der Waals surface area contributed by atoms with E-state index in [0.717, 1.165) is 22.5 Å². The van der Waals surface area contributed by atoms with Crippen molar-refractivity contribution in [3.05, 3.63) is 69.4 Å². The number of nitrogens with zero attached hydrogens (tertiary/aromatic N) is 1. The fraction of sp³-hybridized carbons (Fsp3) is 0.111. The van der Waals surface area contributed by atoms with Gasteiger partial charge >= 0.3 is 11.8 Å². The quantitative estimate of drug-likeness (QED) is 0.355. The molecule has 1 aromatic heterocycles. The van der Waals surface area contributed by atoms with E-state index in [1.165, 1.54) is 12.1 Å². The Hall–Kier alpha value is -3.39. The van der Waals surface area contributed by atoms with Crippen LogP contribution < -0.4 is 10.6 Å².